The molecular formula is C20H21ClN2O6S. The lowest BCUT2D eigenvalue weighted by Crippen LogP contribution is -2.70. The van der Waals surface area contributed by atoms with E-state index in [1.165, 1.54) is 6.08 Å². The summed E-state index contributed by atoms with van der Waals surface area (Å²) in [6.07, 6.45) is 1.20. The number of nitrogens with zero attached hydrogens (tertiary/aromatic N) is 2. The molecule has 4 aliphatic rings. The van der Waals surface area contributed by atoms with Crippen molar-refractivity contribution >= 4 is 39.3 Å². The maximum Gasteiger partial charge on any atom is 0.275 e. The molecule has 0 unspecified atom stereocenters. The summed E-state index contributed by atoms with van der Waals surface area (Å²) in [6.45, 7) is 6.68. The van der Waals surface area contributed by atoms with Gasteiger partial charge in [-0.3, -0.25) is 19.3 Å². The summed E-state index contributed by atoms with van der Waals surface area (Å²) in [6, 6.07) is 2.06. The van der Waals surface area contributed by atoms with Gasteiger partial charge >= 0.3 is 0 Å². The van der Waals surface area contributed by atoms with Crippen molar-refractivity contribution < 1.29 is 27.9 Å². The summed E-state index contributed by atoms with van der Waals surface area (Å²) in [7, 11) is -4.45. The molecule has 1 aliphatic carbocycles. The molecule has 4 atom stereocenters. The van der Waals surface area contributed by atoms with E-state index in [1.54, 1.807) is 32.9 Å². The van der Waals surface area contributed by atoms with Gasteiger partial charge in [0, 0.05) is 6.54 Å². The Balaban J connectivity index is 1.94. The number of hydrogen-bond acceptors (Lipinski definition) is 6. The predicted octanol–water partition coefficient (Wildman–Crippen LogP) is 1.000. The standard InChI is InChI=1S/C20H21ClN2O6S/c1-5-22-17(24)14-12-8-13(21)20(27,15(14)18(22)25)19(26)23(12)30(28,29)16-10(3)6-9(2)7-11(16)4/h6-8,12,14-15,27H,5H2,1-4H3/t12-,14+,15-,20-/m1/s1. The van der Waals surface area contributed by atoms with Crippen LogP contribution in [0, 0.1) is 32.6 Å². The van der Waals surface area contributed by atoms with E-state index >= 15 is 0 Å². The molecule has 8 nitrogen and oxygen atoms in total. The maximum absolute atomic E-state index is 13.6. The SMILES string of the molecule is CCN1C(=O)[C@H]2[C@H]3C=C(Cl)[C@](O)(C(=O)N3S(=O)(=O)c3c(C)cc(C)cc3C)[C@H]2C1=O. The number of benzene rings is 1. The first-order valence-electron chi connectivity index (χ1n) is 9.51. The summed E-state index contributed by atoms with van der Waals surface area (Å²) in [4.78, 5) is 39.9. The first-order chi connectivity index (χ1) is 13.9. The molecule has 1 aromatic carbocycles. The van der Waals surface area contributed by atoms with Crippen LogP contribution in [-0.4, -0.2) is 58.6 Å². The van der Waals surface area contributed by atoms with Crippen LogP contribution in [0.1, 0.15) is 23.6 Å². The predicted molar refractivity (Wildman–Crippen MR) is 107 cm³/mol. The fourth-order valence-electron chi connectivity index (χ4n) is 5.07. The van der Waals surface area contributed by atoms with Crippen LogP contribution < -0.4 is 0 Å². The van der Waals surface area contributed by atoms with Crippen LogP contribution in [-0.2, 0) is 24.4 Å². The first kappa shape index (κ1) is 21.0. The average molecular weight is 453 g/mol. The number of fused-ring (bicyclic) bond motifs is 1. The number of likely N-dealkylation sites (tertiary alicyclic amines) is 1. The van der Waals surface area contributed by atoms with Gasteiger partial charge in [-0.1, -0.05) is 29.3 Å². The number of sulfonamides is 1. The molecule has 0 radical (unpaired) electrons. The summed E-state index contributed by atoms with van der Waals surface area (Å²) in [5.74, 6) is -5.21. The van der Waals surface area contributed by atoms with Gasteiger partial charge in [0.05, 0.1) is 27.8 Å². The lowest BCUT2D eigenvalue weighted by molar-refractivity contribution is -0.165. The number of piperidine rings is 1. The highest BCUT2D eigenvalue weighted by molar-refractivity contribution is 7.89. The van der Waals surface area contributed by atoms with Gasteiger partial charge in [0.15, 0.2) is 5.60 Å². The largest absolute Gasteiger partial charge is 0.374 e. The van der Waals surface area contributed by atoms with Gasteiger partial charge in [0.2, 0.25) is 11.8 Å². The number of imide groups is 1. The van der Waals surface area contributed by atoms with Gasteiger partial charge in [-0.15, -0.1) is 0 Å². The van der Waals surface area contributed by atoms with E-state index in [4.69, 9.17) is 11.6 Å². The zero-order valence-electron chi connectivity index (χ0n) is 16.8. The van der Waals surface area contributed by atoms with Gasteiger partial charge in [-0.25, -0.2) is 12.7 Å². The minimum atomic E-state index is -4.45. The number of rotatable bonds is 3. The molecule has 0 saturated carbocycles. The molecule has 30 heavy (non-hydrogen) atoms. The summed E-state index contributed by atoms with van der Waals surface area (Å²) in [5, 5.41) is 10.9. The molecule has 5 rings (SSSR count). The zero-order valence-corrected chi connectivity index (χ0v) is 18.4. The number of carbonyl (C=O) groups excluding carboxylic acids is 3. The Morgan fingerprint density at radius 2 is 1.67 bits per heavy atom. The van der Waals surface area contributed by atoms with Crippen LogP contribution in [0.5, 0.6) is 0 Å². The smallest absolute Gasteiger partial charge is 0.275 e. The molecule has 2 bridgehead atoms. The second-order valence-corrected chi connectivity index (χ2v) is 10.2. The van der Waals surface area contributed by atoms with Gasteiger partial charge in [0.25, 0.3) is 15.9 Å². The van der Waals surface area contributed by atoms with Gasteiger partial charge in [-0.05, 0) is 44.9 Å². The summed E-state index contributed by atoms with van der Waals surface area (Å²) in [5.41, 5.74) is -0.877. The molecule has 2 saturated heterocycles. The van der Waals surface area contributed by atoms with Crippen molar-refractivity contribution in [1.29, 1.82) is 0 Å². The molecule has 3 heterocycles. The van der Waals surface area contributed by atoms with Crippen molar-refractivity contribution in [3.63, 3.8) is 0 Å². The van der Waals surface area contributed by atoms with Gasteiger partial charge < -0.3 is 5.11 Å². The summed E-state index contributed by atoms with van der Waals surface area (Å²) >= 11 is 6.15. The Morgan fingerprint density at radius 1 is 1.10 bits per heavy atom. The molecule has 0 spiro atoms. The van der Waals surface area contributed by atoms with E-state index in [-0.39, 0.29) is 16.5 Å². The molecule has 3 amide bonds. The minimum absolute atomic E-state index is 0.0439. The van der Waals surface area contributed by atoms with Crippen molar-refractivity contribution in [2.24, 2.45) is 11.8 Å². The Kier molecular flexibility index (Phi) is 4.47. The number of halogens is 1. The van der Waals surface area contributed by atoms with Crippen molar-refractivity contribution in [2.45, 2.75) is 44.2 Å². The number of amides is 3. The average Bonchev–Trinajstić information content (AvgIpc) is 2.88. The molecule has 0 aromatic heterocycles. The topological polar surface area (TPSA) is 112 Å². The van der Waals surface area contributed by atoms with E-state index in [0.29, 0.717) is 15.4 Å². The highest BCUT2D eigenvalue weighted by Crippen LogP contribution is 2.53. The van der Waals surface area contributed by atoms with Crippen molar-refractivity contribution in [3.05, 3.63) is 39.9 Å². The Hall–Kier alpha value is -2.23. The Labute approximate surface area is 179 Å². The van der Waals surface area contributed by atoms with E-state index < -0.39 is 51.2 Å². The van der Waals surface area contributed by atoms with Gasteiger partial charge in [0.1, 0.15) is 0 Å². The molecular weight excluding hydrogens is 432 g/mol. The van der Waals surface area contributed by atoms with Crippen LogP contribution in [0.2, 0.25) is 0 Å². The monoisotopic (exact) mass is 452 g/mol. The Morgan fingerprint density at radius 3 is 2.20 bits per heavy atom. The Bertz CT molecular complexity index is 1140. The third-order valence-corrected chi connectivity index (χ3v) is 8.68. The number of aliphatic hydroxyl groups is 1. The van der Waals surface area contributed by atoms with Crippen molar-refractivity contribution in [3.8, 4) is 0 Å². The first-order valence-corrected chi connectivity index (χ1v) is 11.3. The lowest BCUT2D eigenvalue weighted by Gasteiger charge is -2.50. The number of hydrogen-bond donors (Lipinski definition) is 1. The highest BCUT2D eigenvalue weighted by atomic mass is 35.5. The minimum Gasteiger partial charge on any atom is -0.374 e. The van der Waals surface area contributed by atoms with Gasteiger partial charge in [-0.2, -0.15) is 0 Å². The lowest BCUT2D eigenvalue weighted by atomic mass is 9.67. The number of carbonyl (C=O) groups is 3. The molecule has 1 N–H and O–H groups in total. The van der Waals surface area contributed by atoms with E-state index in [2.05, 4.69) is 0 Å². The van der Waals surface area contributed by atoms with E-state index in [1.807, 2.05) is 6.92 Å². The fourth-order valence-corrected chi connectivity index (χ4v) is 7.39. The van der Waals surface area contributed by atoms with Crippen molar-refractivity contribution in [1.82, 2.24) is 9.21 Å². The quantitative estimate of drug-likeness (QED) is 0.685. The van der Waals surface area contributed by atoms with Crippen LogP contribution in [0.15, 0.2) is 28.1 Å². The summed E-state index contributed by atoms with van der Waals surface area (Å²) < 4.78 is 27.8. The van der Waals surface area contributed by atoms with E-state index in [0.717, 1.165) is 10.5 Å². The van der Waals surface area contributed by atoms with Crippen LogP contribution in [0.4, 0.5) is 0 Å². The maximum atomic E-state index is 13.6. The highest BCUT2D eigenvalue weighted by Gasteiger charge is 2.72. The fraction of sp³-hybridized carbons (Fsp3) is 0.450. The second kappa shape index (κ2) is 6.38. The molecule has 3 aliphatic heterocycles. The van der Waals surface area contributed by atoms with E-state index in [9.17, 15) is 27.9 Å². The molecule has 10 heteroatoms. The normalized spacial score (nSPS) is 30.8. The zero-order chi connectivity index (χ0) is 22.3. The van der Waals surface area contributed by atoms with Crippen molar-refractivity contribution in [2.75, 3.05) is 6.54 Å². The molecule has 1 aromatic rings. The molecule has 160 valence electrons. The van der Waals surface area contributed by atoms with Crippen LogP contribution in [0.25, 0.3) is 0 Å². The third kappa shape index (κ3) is 2.36. The van der Waals surface area contributed by atoms with Crippen LogP contribution in [0.3, 0.4) is 0 Å². The van der Waals surface area contributed by atoms with Crippen LogP contribution >= 0.6 is 11.6 Å². The molecule has 2 fully saturated rings. The number of aryl methyl sites for hydroxylation is 3. The second-order valence-electron chi connectivity index (χ2n) is 8.03. The third-order valence-electron chi connectivity index (χ3n) is 6.18.